The second kappa shape index (κ2) is 6.58. The van der Waals surface area contributed by atoms with E-state index in [0.29, 0.717) is 49.0 Å². The van der Waals surface area contributed by atoms with Crippen LogP contribution in [0.5, 0.6) is 5.75 Å². The van der Waals surface area contributed by atoms with Gasteiger partial charge in [-0.2, -0.15) is 4.98 Å². The summed E-state index contributed by atoms with van der Waals surface area (Å²) in [5, 5.41) is 8.97. The number of ether oxygens (including phenoxy) is 1. The van der Waals surface area contributed by atoms with Crippen LogP contribution in [-0.4, -0.2) is 43.6 Å². The molecule has 0 saturated carbocycles. The molecule has 0 radical (unpaired) electrons. The molecule has 1 N–H and O–H groups in total. The Labute approximate surface area is 154 Å². The number of anilines is 2. The molecule has 2 aromatic heterocycles. The molecule has 4 rings (SSSR count). The Morgan fingerprint density at radius 3 is 2.70 bits per heavy atom. The Morgan fingerprint density at radius 1 is 1.15 bits per heavy atom. The Kier molecular flexibility index (Phi) is 4.23. The molecule has 27 heavy (non-hydrogen) atoms. The van der Waals surface area contributed by atoms with E-state index in [1.807, 2.05) is 33.7 Å². The summed E-state index contributed by atoms with van der Waals surface area (Å²) in [4.78, 5) is 31.4. The fourth-order valence-electron chi connectivity index (χ4n) is 3.43. The summed E-state index contributed by atoms with van der Waals surface area (Å²) >= 11 is 0. The lowest BCUT2D eigenvalue weighted by Gasteiger charge is -2.20. The molecule has 9 nitrogen and oxygen atoms in total. The lowest BCUT2D eigenvalue weighted by molar-refractivity contribution is 0.234. The molecule has 0 saturated heterocycles. The Morgan fingerprint density at radius 2 is 1.93 bits per heavy atom. The third kappa shape index (κ3) is 2.62. The lowest BCUT2D eigenvalue weighted by Crippen LogP contribution is -2.37. The van der Waals surface area contributed by atoms with Crippen LogP contribution in [0.1, 0.15) is 6.42 Å². The molecule has 1 aromatic carbocycles. The first-order valence-corrected chi connectivity index (χ1v) is 8.81. The van der Waals surface area contributed by atoms with Gasteiger partial charge in [-0.1, -0.05) is 12.1 Å². The summed E-state index contributed by atoms with van der Waals surface area (Å²) in [5.74, 6) is 1.30. The molecule has 9 heteroatoms. The number of aryl methyl sites for hydroxylation is 1. The zero-order valence-electron chi connectivity index (χ0n) is 15.3. The van der Waals surface area contributed by atoms with E-state index in [-0.39, 0.29) is 12.2 Å². The van der Waals surface area contributed by atoms with E-state index in [1.165, 1.54) is 11.6 Å². The lowest BCUT2D eigenvalue weighted by atomic mass is 10.2. The van der Waals surface area contributed by atoms with Crippen LogP contribution in [0.2, 0.25) is 0 Å². The van der Waals surface area contributed by atoms with Gasteiger partial charge < -0.3 is 19.3 Å². The van der Waals surface area contributed by atoms with Gasteiger partial charge in [0.05, 0.1) is 12.3 Å². The minimum Gasteiger partial charge on any atom is -0.491 e. The summed E-state index contributed by atoms with van der Waals surface area (Å²) in [6.45, 7) is 1.71. The number of rotatable bonds is 5. The van der Waals surface area contributed by atoms with Gasteiger partial charge in [-0.15, -0.1) is 0 Å². The maximum absolute atomic E-state index is 12.6. The Hall–Kier alpha value is -3.07. The standard InChI is InChI=1S/C18H21N5O4/c1-20-15-14(16(25)21(2)18(20)26)23-9-8-22(17(23)19-15)12-6-3-4-7-13(12)27-11-5-10-24/h3-4,6-7,24H,5,8-11H2,1-2H3. The molecule has 0 atom stereocenters. The smallest absolute Gasteiger partial charge is 0.332 e. The SMILES string of the molecule is Cn1c(=O)c2c(nc3n2CCN3c2ccccc2OCCCO)n(C)c1=O. The summed E-state index contributed by atoms with van der Waals surface area (Å²) in [6.07, 6.45) is 0.547. The van der Waals surface area contributed by atoms with Gasteiger partial charge in [0.2, 0.25) is 5.95 Å². The molecule has 1 aliphatic rings. The van der Waals surface area contributed by atoms with Crippen molar-refractivity contribution in [2.24, 2.45) is 14.1 Å². The molecule has 0 bridgehead atoms. The molecule has 0 aliphatic carbocycles. The van der Waals surface area contributed by atoms with E-state index in [9.17, 15) is 9.59 Å². The third-order valence-electron chi connectivity index (χ3n) is 4.83. The summed E-state index contributed by atoms with van der Waals surface area (Å²) in [6, 6.07) is 7.60. The number of aliphatic hydroxyl groups is 1. The summed E-state index contributed by atoms with van der Waals surface area (Å²) in [5.41, 5.74) is 0.897. The maximum atomic E-state index is 12.6. The van der Waals surface area contributed by atoms with Crippen molar-refractivity contribution < 1.29 is 9.84 Å². The van der Waals surface area contributed by atoms with Gasteiger partial charge >= 0.3 is 5.69 Å². The van der Waals surface area contributed by atoms with Gasteiger partial charge in [0.15, 0.2) is 11.2 Å². The molecule has 0 amide bonds. The number of para-hydroxylation sites is 2. The van der Waals surface area contributed by atoms with Crippen LogP contribution in [0.15, 0.2) is 33.9 Å². The number of fused-ring (bicyclic) bond motifs is 3. The second-order valence-electron chi connectivity index (χ2n) is 6.49. The number of imidazole rings is 1. The third-order valence-corrected chi connectivity index (χ3v) is 4.83. The van der Waals surface area contributed by atoms with E-state index in [0.717, 1.165) is 10.3 Å². The Balaban J connectivity index is 1.84. The average Bonchev–Trinajstić information content (AvgIpc) is 3.24. The molecule has 3 heterocycles. The first-order valence-electron chi connectivity index (χ1n) is 8.81. The first kappa shape index (κ1) is 17.3. The summed E-state index contributed by atoms with van der Waals surface area (Å²) < 4.78 is 10.1. The average molecular weight is 371 g/mol. The molecule has 0 spiro atoms. The number of hydrogen-bond acceptors (Lipinski definition) is 6. The zero-order valence-corrected chi connectivity index (χ0v) is 15.3. The zero-order chi connectivity index (χ0) is 19.1. The van der Waals surface area contributed by atoms with Crippen molar-refractivity contribution in [3.63, 3.8) is 0 Å². The van der Waals surface area contributed by atoms with E-state index in [2.05, 4.69) is 4.98 Å². The van der Waals surface area contributed by atoms with Gasteiger partial charge in [-0.3, -0.25) is 13.9 Å². The highest BCUT2D eigenvalue weighted by Gasteiger charge is 2.29. The highest BCUT2D eigenvalue weighted by Crippen LogP contribution is 2.37. The Bertz CT molecular complexity index is 1130. The highest BCUT2D eigenvalue weighted by atomic mass is 16.5. The molecular weight excluding hydrogens is 350 g/mol. The van der Waals surface area contributed by atoms with E-state index >= 15 is 0 Å². The quantitative estimate of drug-likeness (QED) is 0.650. The fourth-order valence-corrected chi connectivity index (χ4v) is 3.43. The van der Waals surface area contributed by atoms with Crippen LogP contribution >= 0.6 is 0 Å². The predicted octanol–water partition coefficient (Wildman–Crippen LogP) is 0.347. The van der Waals surface area contributed by atoms with E-state index in [1.54, 1.807) is 7.05 Å². The topological polar surface area (TPSA) is 94.5 Å². The van der Waals surface area contributed by atoms with Crippen molar-refractivity contribution in [2.75, 3.05) is 24.7 Å². The maximum Gasteiger partial charge on any atom is 0.332 e. The van der Waals surface area contributed by atoms with Crippen LogP contribution in [0.3, 0.4) is 0 Å². The van der Waals surface area contributed by atoms with Gasteiger partial charge in [0, 0.05) is 40.2 Å². The van der Waals surface area contributed by atoms with Crippen molar-refractivity contribution in [3.05, 3.63) is 45.1 Å². The number of aliphatic hydroxyl groups excluding tert-OH is 1. The van der Waals surface area contributed by atoms with Crippen molar-refractivity contribution in [1.29, 1.82) is 0 Å². The largest absolute Gasteiger partial charge is 0.491 e. The normalized spacial score (nSPS) is 13.4. The number of nitrogens with zero attached hydrogens (tertiary/aromatic N) is 5. The van der Waals surface area contributed by atoms with Crippen molar-refractivity contribution >= 4 is 22.8 Å². The van der Waals surface area contributed by atoms with Gasteiger partial charge in [0.1, 0.15) is 5.75 Å². The van der Waals surface area contributed by atoms with Gasteiger partial charge in [-0.25, -0.2) is 4.79 Å². The monoisotopic (exact) mass is 371 g/mol. The van der Waals surface area contributed by atoms with E-state index in [4.69, 9.17) is 9.84 Å². The van der Waals surface area contributed by atoms with Gasteiger partial charge in [0.25, 0.3) is 5.56 Å². The van der Waals surface area contributed by atoms with Crippen LogP contribution in [0.4, 0.5) is 11.6 Å². The molecule has 142 valence electrons. The number of benzene rings is 1. The van der Waals surface area contributed by atoms with Crippen molar-refractivity contribution in [1.82, 2.24) is 18.7 Å². The molecule has 0 fully saturated rings. The summed E-state index contributed by atoms with van der Waals surface area (Å²) in [7, 11) is 3.09. The minimum absolute atomic E-state index is 0.0685. The fraction of sp³-hybridized carbons (Fsp3) is 0.389. The van der Waals surface area contributed by atoms with Crippen LogP contribution < -0.4 is 20.9 Å². The second-order valence-corrected chi connectivity index (χ2v) is 6.49. The molecule has 0 unspecified atom stereocenters. The van der Waals surface area contributed by atoms with E-state index < -0.39 is 5.69 Å². The van der Waals surface area contributed by atoms with Crippen molar-refractivity contribution in [2.45, 2.75) is 13.0 Å². The van der Waals surface area contributed by atoms with Gasteiger partial charge in [-0.05, 0) is 12.1 Å². The number of aromatic nitrogens is 4. The predicted molar refractivity (Wildman–Crippen MR) is 101 cm³/mol. The highest BCUT2D eigenvalue weighted by molar-refractivity contribution is 5.79. The minimum atomic E-state index is -0.399. The molecule has 3 aromatic rings. The number of hydrogen-bond donors (Lipinski definition) is 1. The van der Waals surface area contributed by atoms with Crippen molar-refractivity contribution in [3.8, 4) is 5.75 Å². The molecule has 1 aliphatic heterocycles. The van der Waals surface area contributed by atoms with Crippen LogP contribution in [0.25, 0.3) is 11.2 Å². The molecular formula is C18H21N5O4. The van der Waals surface area contributed by atoms with Crippen LogP contribution in [-0.2, 0) is 20.6 Å². The first-order chi connectivity index (χ1) is 13.0. The van der Waals surface area contributed by atoms with Crippen LogP contribution in [0, 0.1) is 0 Å².